The molecule has 6 nitrogen and oxygen atoms in total. The Labute approximate surface area is 178 Å². The van der Waals surface area contributed by atoms with Crippen molar-refractivity contribution in [3.63, 3.8) is 0 Å². The van der Waals surface area contributed by atoms with Gasteiger partial charge in [-0.05, 0) is 62.2 Å². The molecule has 6 heteroatoms. The van der Waals surface area contributed by atoms with Gasteiger partial charge in [-0.25, -0.2) is 0 Å². The van der Waals surface area contributed by atoms with Gasteiger partial charge in [-0.2, -0.15) is 5.10 Å². The lowest BCUT2D eigenvalue weighted by molar-refractivity contribution is 0.0988. The summed E-state index contributed by atoms with van der Waals surface area (Å²) in [6.07, 6.45) is 4.59. The van der Waals surface area contributed by atoms with E-state index in [2.05, 4.69) is 37.3 Å². The summed E-state index contributed by atoms with van der Waals surface area (Å²) >= 11 is 0. The molecule has 0 saturated heterocycles. The van der Waals surface area contributed by atoms with E-state index in [4.69, 9.17) is 0 Å². The average molecular weight is 407 g/mol. The fourth-order valence-corrected chi connectivity index (χ4v) is 4.17. The van der Waals surface area contributed by atoms with Gasteiger partial charge >= 0.3 is 0 Å². The molecule has 5 aromatic rings. The number of hydrogen-bond acceptors (Lipinski definition) is 4. The number of nitrogens with zero attached hydrogens (tertiary/aromatic N) is 3. The van der Waals surface area contributed by atoms with Gasteiger partial charge in [0, 0.05) is 51.0 Å². The van der Waals surface area contributed by atoms with Crippen LogP contribution in [0.2, 0.25) is 0 Å². The van der Waals surface area contributed by atoms with E-state index in [1.54, 1.807) is 0 Å². The summed E-state index contributed by atoms with van der Waals surface area (Å²) in [5.74, 6) is 0.623. The second kappa shape index (κ2) is 6.87. The van der Waals surface area contributed by atoms with Crippen LogP contribution in [0, 0.1) is 6.92 Å². The first-order valence-corrected chi connectivity index (χ1v) is 10.6. The molecular weight excluding hydrogens is 386 g/mol. The van der Waals surface area contributed by atoms with E-state index in [0.29, 0.717) is 11.6 Å². The molecule has 6 rings (SSSR count). The molecule has 152 valence electrons. The molecule has 0 atom stereocenters. The molecule has 1 aliphatic carbocycles. The van der Waals surface area contributed by atoms with Gasteiger partial charge in [0.05, 0.1) is 17.6 Å². The van der Waals surface area contributed by atoms with Gasteiger partial charge in [-0.3, -0.25) is 19.9 Å². The van der Waals surface area contributed by atoms with Gasteiger partial charge in [0.25, 0.3) is 0 Å². The van der Waals surface area contributed by atoms with E-state index in [9.17, 15) is 4.79 Å². The zero-order chi connectivity index (χ0) is 20.9. The topological polar surface area (TPSA) is 87.3 Å². The van der Waals surface area contributed by atoms with Gasteiger partial charge in [-0.1, -0.05) is 6.07 Å². The molecule has 1 fully saturated rings. The van der Waals surface area contributed by atoms with Crippen molar-refractivity contribution in [1.29, 1.82) is 0 Å². The molecule has 1 saturated carbocycles. The molecule has 4 heterocycles. The Morgan fingerprint density at radius 3 is 2.84 bits per heavy atom. The number of carbonyl (C=O) groups excluding carboxylic acids is 1. The number of aryl methyl sites for hydroxylation is 1. The molecule has 0 bridgehead atoms. The average Bonchev–Trinajstić information content (AvgIpc) is 3.41. The third kappa shape index (κ3) is 3.30. The number of Topliss-reactive ketones (excluding diaryl/α,β-unsaturated/α-hetero) is 1. The first-order chi connectivity index (χ1) is 15.1. The predicted octanol–water partition coefficient (Wildman–Crippen LogP) is 5.11. The van der Waals surface area contributed by atoms with Crippen molar-refractivity contribution in [3.8, 4) is 11.3 Å². The lowest BCUT2D eigenvalue weighted by atomic mass is 10.1. The largest absolute Gasteiger partial charge is 0.352 e. The predicted molar refractivity (Wildman–Crippen MR) is 120 cm³/mol. The maximum Gasteiger partial charge on any atom is 0.184 e. The first-order valence-electron chi connectivity index (χ1n) is 10.6. The van der Waals surface area contributed by atoms with Gasteiger partial charge in [-0.15, -0.1) is 0 Å². The van der Waals surface area contributed by atoms with Crippen molar-refractivity contribution >= 4 is 27.6 Å². The highest BCUT2D eigenvalue weighted by atomic mass is 16.1. The first kappa shape index (κ1) is 18.0. The smallest absolute Gasteiger partial charge is 0.184 e. The van der Waals surface area contributed by atoms with E-state index >= 15 is 0 Å². The van der Waals surface area contributed by atoms with Crippen LogP contribution in [-0.4, -0.2) is 30.9 Å². The fourth-order valence-electron chi connectivity index (χ4n) is 4.17. The van der Waals surface area contributed by atoms with Crippen molar-refractivity contribution in [1.82, 2.24) is 25.1 Å². The zero-order valence-corrected chi connectivity index (χ0v) is 17.1. The number of rotatable bonds is 5. The summed E-state index contributed by atoms with van der Waals surface area (Å²) in [7, 11) is 0. The van der Waals surface area contributed by atoms with Gasteiger partial charge in [0.15, 0.2) is 5.78 Å². The molecule has 0 unspecified atom stereocenters. The number of benzene rings is 1. The monoisotopic (exact) mass is 407 g/mol. The molecule has 0 amide bonds. The van der Waals surface area contributed by atoms with Crippen molar-refractivity contribution in [2.24, 2.45) is 0 Å². The van der Waals surface area contributed by atoms with Crippen LogP contribution in [0.15, 0.2) is 54.7 Å². The lowest BCUT2D eigenvalue weighted by Gasteiger charge is -2.01. The van der Waals surface area contributed by atoms with Crippen molar-refractivity contribution in [2.45, 2.75) is 32.1 Å². The van der Waals surface area contributed by atoms with Crippen LogP contribution in [0.25, 0.3) is 33.1 Å². The number of nitrogens with one attached hydrogen (secondary N) is 2. The van der Waals surface area contributed by atoms with Gasteiger partial charge in [0.2, 0.25) is 0 Å². The van der Waals surface area contributed by atoms with E-state index < -0.39 is 0 Å². The summed E-state index contributed by atoms with van der Waals surface area (Å²) in [6, 6.07) is 15.9. The van der Waals surface area contributed by atoms with Crippen LogP contribution in [0.3, 0.4) is 0 Å². The Balaban J connectivity index is 1.36. The summed E-state index contributed by atoms with van der Waals surface area (Å²) < 4.78 is 0. The minimum atomic E-state index is 0.0273. The van der Waals surface area contributed by atoms with Crippen LogP contribution < -0.4 is 0 Å². The second-order valence-electron chi connectivity index (χ2n) is 8.35. The van der Waals surface area contributed by atoms with E-state index in [-0.39, 0.29) is 12.2 Å². The molecule has 0 radical (unpaired) electrons. The minimum absolute atomic E-state index is 0.0273. The zero-order valence-electron chi connectivity index (χ0n) is 17.1. The number of hydrogen-bond donors (Lipinski definition) is 2. The fraction of sp³-hybridized carbons (Fsp3) is 0.200. The second-order valence-corrected chi connectivity index (χ2v) is 8.35. The van der Waals surface area contributed by atoms with E-state index in [1.807, 2.05) is 49.5 Å². The highest BCUT2D eigenvalue weighted by Crippen LogP contribution is 2.40. The molecule has 1 aliphatic rings. The quantitative estimate of drug-likeness (QED) is 0.396. The number of pyridine rings is 2. The number of aromatic nitrogens is 5. The molecule has 1 aromatic carbocycles. The summed E-state index contributed by atoms with van der Waals surface area (Å²) in [6.45, 7) is 1.93. The Morgan fingerprint density at radius 2 is 2.00 bits per heavy atom. The van der Waals surface area contributed by atoms with Crippen molar-refractivity contribution < 1.29 is 4.79 Å². The Hall–Kier alpha value is -3.80. The SMILES string of the molecule is Cc1cccc(CC(=O)c2cc3cc4c(-c5ccnc(C6CC6)c5)n[nH]c4cc3[nH]2)n1. The van der Waals surface area contributed by atoms with Crippen LogP contribution in [-0.2, 0) is 6.42 Å². The minimum Gasteiger partial charge on any atom is -0.352 e. The normalized spacial score (nSPS) is 13.8. The number of H-pyrrole nitrogens is 2. The van der Waals surface area contributed by atoms with E-state index in [1.165, 1.54) is 12.8 Å². The van der Waals surface area contributed by atoms with Gasteiger partial charge < -0.3 is 4.98 Å². The molecule has 4 aromatic heterocycles. The Bertz CT molecular complexity index is 1460. The molecule has 0 aliphatic heterocycles. The van der Waals surface area contributed by atoms with Crippen LogP contribution in [0.1, 0.15) is 46.3 Å². The molecule has 31 heavy (non-hydrogen) atoms. The highest BCUT2D eigenvalue weighted by Gasteiger charge is 2.25. The van der Waals surface area contributed by atoms with Crippen LogP contribution >= 0.6 is 0 Å². The molecule has 2 N–H and O–H groups in total. The van der Waals surface area contributed by atoms with Crippen molar-refractivity contribution in [2.75, 3.05) is 0 Å². The van der Waals surface area contributed by atoms with Crippen molar-refractivity contribution in [3.05, 3.63) is 77.5 Å². The van der Waals surface area contributed by atoms with Gasteiger partial charge in [0.1, 0.15) is 5.69 Å². The number of fused-ring (bicyclic) bond motifs is 2. The molecule has 0 spiro atoms. The molecular formula is C25H21N5O. The highest BCUT2D eigenvalue weighted by molar-refractivity contribution is 6.05. The number of aromatic amines is 2. The van der Waals surface area contributed by atoms with Crippen LogP contribution in [0.4, 0.5) is 0 Å². The maximum absolute atomic E-state index is 12.8. The Kier molecular flexibility index (Phi) is 3.99. The summed E-state index contributed by atoms with van der Waals surface area (Å²) in [5.41, 5.74) is 7.28. The number of carbonyl (C=O) groups is 1. The lowest BCUT2D eigenvalue weighted by Crippen LogP contribution is -2.05. The number of ketones is 1. The summed E-state index contributed by atoms with van der Waals surface area (Å²) in [5, 5.41) is 9.74. The Morgan fingerprint density at radius 1 is 1.10 bits per heavy atom. The maximum atomic E-state index is 12.8. The summed E-state index contributed by atoms with van der Waals surface area (Å²) in [4.78, 5) is 25.1. The third-order valence-corrected chi connectivity index (χ3v) is 5.94. The van der Waals surface area contributed by atoms with E-state index in [0.717, 1.165) is 50.1 Å². The standard InChI is InChI=1S/C25H21N5O/c1-14-3-2-4-18(27-14)12-24(31)23-11-17-9-19-22(13-21(17)28-23)29-30-25(19)16-7-8-26-20(10-16)15-5-6-15/h2-4,7-11,13,15,28H,5-6,12H2,1H3,(H,29,30). The van der Waals surface area contributed by atoms with Crippen LogP contribution in [0.5, 0.6) is 0 Å². The third-order valence-electron chi connectivity index (χ3n) is 5.94.